The lowest BCUT2D eigenvalue weighted by molar-refractivity contribution is -0.121. The van der Waals surface area contributed by atoms with Gasteiger partial charge in [0.15, 0.2) is 9.84 Å². The number of hydrogen-bond donors (Lipinski definition) is 2. The molecule has 2 N–H and O–H groups in total. The van der Waals surface area contributed by atoms with Gasteiger partial charge >= 0.3 is 0 Å². The van der Waals surface area contributed by atoms with E-state index in [-0.39, 0.29) is 36.0 Å². The largest absolute Gasteiger partial charge is 0.345 e. The molecular weight excluding hydrogens is 366 g/mol. The molecule has 6 nitrogen and oxygen atoms in total. The highest BCUT2D eigenvalue weighted by molar-refractivity contribution is 7.91. The smallest absolute Gasteiger partial charge is 0.234 e. The van der Waals surface area contributed by atoms with Crippen LogP contribution in [0.25, 0.3) is 0 Å². The third kappa shape index (κ3) is 4.85. The van der Waals surface area contributed by atoms with Gasteiger partial charge in [0.25, 0.3) is 0 Å². The molecule has 2 unspecified atom stereocenters. The lowest BCUT2D eigenvalue weighted by Crippen LogP contribution is -2.41. The number of hydrogen-bond acceptors (Lipinski definition) is 7. The van der Waals surface area contributed by atoms with E-state index >= 15 is 0 Å². The highest BCUT2D eigenvalue weighted by Gasteiger charge is 2.28. The van der Waals surface area contributed by atoms with Gasteiger partial charge < -0.3 is 10.6 Å². The van der Waals surface area contributed by atoms with Crippen molar-refractivity contribution in [2.75, 3.05) is 18.1 Å². The first-order valence-corrected chi connectivity index (χ1v) is 11.2. The first kappa shape index (κ1) is 17.5. The SMILES string of the molecule is O=C(CNC1CCS(=O)(=O)C1)NC(Cc1cccs1)c1nccs1. The fourth-order valence-corrected chi connectivity index (χ4v) is 5.82. The molecule has 3 heterocycles. The van der Waals surface area contributed by atoms with Crippen molar-refractivity contribution < 1.29 is 13.2 Å². The summed E-state index contributed by atoms with van der Waals surface area (Å²) in [5, 5.41) is 10.8. The zero-order valence-corrected chi connectivity index (χ0v) is 15.4. The highest BCUT2D eigenvalue weighted by atomic mass is 32.2. The number of sulfone groups is 1. The molecule has 0 aliphatic carbocycles. The number of amides is 1. The molecule has 1 aliphatic heterocycles. The summed E-state index contributed by atoms with van der Waals surface area (Å²) in [6, 6.07) is 3.74. The fraction of sp³-hybridized carbons (Fsp3) is 0.467. The topological polar surface area (TPSA) is 88.2 Å². The maximum Gasteiger partial charge on any atom is 0.234 e. The van der Waals surface area contributed by atoms with E-state index in [0.717, 1.165) is 5.01 Å². The van der Waals surface area contributed by atoms with Crippen molar-refractivity contribution in [2.45, 2.75) is 24.9 Å². The number of carbonyl (C=O) groups is 1. The van der Waals surface area contributed by atoms with Crippen molar-refractivity contribution >= 4 is 38.4 Å². The quantitative estimate of drug-likeness (QED) is 0.752. The van der Waals surface area contributed by atoms with Crippen molar-refractivity contribution in [1.29, 1.82) is 0 Å². The number of nitrogens with one attached hydrogen (secondary N) is 2. The minimum atomic E-state index is -2.94. The Bertz CT molecular complexity index is 757. The Morgan fingerprint density at radius 3 is 2.88 bits per heavy atom. The van der Waals surface area contributed by atoms with E-state index in [0.29, 0.717) is 12.8 Å². The fourth-order valence-electron chi connectivity index (χ4n) is 2.67. The molecule has 0 saturated carbocycles. The monoisotopic (exact) mass is 385 g/mol. The summed E-state index contributed by atoms with van der Waals surface area (Å²) < 4.78 is 22.9. The first-order chi connectivity index (χ1) is 11.5. The maximum absolute atomic E-state index is 12.3. The molecule has 1 aliphatic rings. The van der Waals surface area contributed by atoms with Crippen LogP contribution in [0, 0.1) is 0 Å². The van der Waals surface area contributed by atoms with E-state index < -0.39 is 9.84 Å². The molecule has 0 spiro atoms. The van der Waals surface area contributed by atoms with Crippen LogP contribution in [0.1, 0.15) is 22.3 Å². The molecule has 9 heteroatoms. The summed E-state index contributed by atoms with van der Waals surface area (Å²) in [6.45, 7) is 0.118. The Hall–Kier alpha value is -1.29. The molecular formula is C15H19N3O3S3. The van der Waals surface area contributed by atoms with Crippen LogP contribution in [0.15, 0.2) is 29.1 Å². The van der Waals surface area contributed by atoms with Crippen LogP contribution in [0.4, 0.5) is 0 Å². The summed E-state index contributed by atoms with van der Waals surface area (Å²) in [5.41, 5.74) is 0. The predicted octanol–water partition coefficient (Wildman–Crippen LogP) is 1.38. The average Bonchev–Trinajstić information content (AvgIpc) is 3.26. The molecule has 3 rings (SSSR count). The molecule has 2 aromatic rings. The van der Waals surface area contributed by atoms with Crippen molar-refractivity contribution in [3.8, 4) is 0 Å². The van der Waals surface area contributed by atoms with E-state index in [2.05, 4.69) is 15.6 Å². The van der Waals surface area contributed by atoms with Gasteiger partial charge in [-0.1, -0.05) is 6.07 Å². The minimum Gasteiger partial charge on any atom is -0.345 e. The molecule has 1 saturated heterocycles. The van der Waals surface area contributed by atoms with Gasteiger partial charge in [0.05, 0.1) is 24.1 Å². The van der Waals surface area contributed by atoms with Gasteiger partial charge in [-0.25, -0.2) is 13.4 Å². The number of carbonyl (C=O) groups excluding carboxylic acids is 1. The van der Waals surface area contributed by atoms with Gasteiger partial charge in [-0.05, 0) is 17.9 Å². The standard InChI is InChI=1S/C15H19N3O3S3/c19-14(9-17-11-3-7-24(20,21)10-11)18-13(15-16-4-6-23-15)8-12-2-1-5-22-12/h1-2,4-6,11,13,17H,3,7-10H2,(H,18,19). The van der Waals surface area contributed by atoms with Gasteiger partial charge in [-0.2, -0.15) is 0 Å². The Balaban J connectivity index is 1.55. The number of thiophene rings is 1. The Morgan fingerprint density at radius 1 is 1.38 bits per heavy atom. The number of nitrogens with zero attached hydrogens (tertiary/aromatic N) is 1. The second-order valence-electron chi connectivity index (χ2n) is 5.75. The van der Waals surface area contributed by atoms with Crippen LogP contribution < -0.4 is 10.6 Å². The van der Waals surface area contributed by atoms with Crippen LogP contribution in [-0.4, -0.2) is 43.4 Å². The second-order valence-corrected chi connectivity index (χ2v) is 9.94. The molecule has 1 fully saturated rings. The Labute approximate surface area is 149 Å². The van der Waals surface area contributed by atoms with Crippen molar-refractivity contribution in [3.63, 3.8) is 0 Å². The van der Waals surface area contributed by atoms with Gasteiger partial charge in [0.1, 0.15) is 5.01 Å². The van der Waals surface area contributed by atoms with E-state index in [1.807, 2.05) is 22.9 Å². The Morgan fingerprint density at radius 2 is 2.25 bits per heavy atom. The van der Waals surface area contributed by atoms with Crippen LogP contribution in [-0.2, 0) is 21.1 Å². The number of aromatic nitrogens is 1. The molecule has 0 bridgehead atoms. The van der Waals surface area contributed by atoms with Gasteiger partial charge in [0, 0.05) is 28.9 Å². The molecule has 130 valence electrons. The predicted molar refractivity (Wildman–Crippen MR) is 96.1 cm³/mol. The summed E-state index contributed by atoms with van der Waals surface area (Å²) >= 11 is 3.17. The molecule has 1 amide bonds. The van der Waals surface area contributed by atoms with Crippen LogP contribution in [0.5, 0.6) is 0 Å². The summed E-state index contributed by atoms with van der Waals surface area (Å²) in [5.74, 6) is 0.175. The molecule has 24 heavy (non-hydrogen) atoms. The third-order valence-electron chi connectivity index (χ3n) is 3.85. The summed E-state index contributed by atoms with van der Waals surface area (Å²) in [7, 11) is -2.94. The van der Waals surface area contributed by atoms with Crippen molar-refractivity contribution in [2.24, 2.45) is 0 Å². The lowest BCUT2D eigenvalue weighted by Gasteiger charge is -2.17. The van der Waals surface area contributed by atoms with Gasteiger partial charge in [0.2, 0.25) is 5.91 Å². The molecule has 0 aromatic carbocycles. The second kappa shape index (κ2) is 7.73. The molecule has 0 radical (unpaired) electrons. The average molecular weight is 386 g/mol. The van der Waals surface area contributed by atoms with Crippen LogP contribution in [0.2, 0.25) is 0 Å². The number of rotatable bonds is 7. The lowest BCUT2D eigenvalue weighted by atomic mass is 10.2. The third-order valence-corrected chi connectivity index (χ3v) is 7.41. The van der Waals surface area contributed by atoms with Crippen LogP contribution >= 0.6 is 22.7 Å². The van der Waals surface area contributed by atoms with Gasteiger partial charge in [-0.15, -0.1) is 22.7 Å². The van der Waals surface area contributed by atoms with E-state index in [9.17, 15) is 13.2 Å². The minimum absolute atomic E-state index is 0.116. The molecule has 2 aromatic heterocycles. The Kier molecular flexibility index (Phi) is 5.65. The zero-order valence-electron chi connectivity index (χ0n) is 13.0. The summed E-state index contributed by atoms with van der Waals surface area (Å²) in [4.78, 5) is 17.8. The van der Waals surface area contributed by atoms with Gasteiger partial charge in [-0.3, -0.25) is 4.79 Å². The summed E-state index contributed by atoms with van der Waals surface area (Å²) in [6.07, 6.45) is 3.00. The zero-order chi connectivity index (χ0) is 17.0. The maximum atomic E-state index is 12.3. The first-order valence-electron chi connectivity index (χ1n) is 7.67. The normalized spacial score (nSPS) is 20.8. The van der Waals surface area contributed by atoms with E-state index in [1.54, 1.807) is 17.5 Å². The number of thiazole rings is 1. The van der Waals surface area contributed by atoms with E-state index in [1.165, 1.54) is 16.2 Å². The van der Waals surface area contributed by atoms with E-state index in [4.69, 9.17) is 0 Å². The van der Waals surface area contributed by atoms with Crippen molar-refractivity contribution in [3.05, 3.63) is 39.0 Å². The van der Waals surface area contributed by atoms with Crippen LogP contribution in [0.3, 0.4) is 0 Å². The highest BCUT2D eigenvalue weighted by Crippen LogP contribution is 2.22. The van der Waals surface area contributed by atoms with Crippen molar-refractivity contribution in [1.82, 2.24) is 15.6 Å². The molecule has 2 atom stereocenters.